The van der Waals surface area contributed by atoms with Crippen molar-refractivity contribution in [1.82, 2.24) is 0 Å². The summed E-state index contributed by atoms with van der Waals surface area (Å²) in [5.41, 5.74) is 0. The lowest BCUT2D eigenvalue weighted by Crippen LogP contribution is -1.87. The minimum absolute atomic E-state index is 0.779. The highest BCUT2D eigenvalue weighted by Crippen LogP contribution is 2.07. The second-order valence-corrected chi connectivity index (χ2v) is 4.00. The third-order valence-corrected chi connectivity index (χ3v) is 1.55. The number of hydrogen-bond acceptors (Lipinski definition) is 0. The van der Waals surface area contributed by atoms with Crippen molar-refractivity contribution in [2.75, 3.05) is 0 Å². The number of hydrogen-bond donors (Lipinski definition) is 0. The van der Waals surface area contributed by atoms with E-state index in [1.165, 1.54) is 12.8 Å². The van der Waals surface area contributed by atoms with Gasteiger partial charge >= 0.3 is 0 Å². The topological polar surface area (TPSA) is 0 Å². The summed E-state index contributed by atoms with van der Waals surface area (Å²) in [5.74, 6) is 2.62. The second-order valence-electron chi connectivity index (χ2n) is 1.88. The summed E-state index contributed by atoms with van der Waals surface area (Å²) >= 11 is 2.41. The molecular weight excluding hydrogens is 211 g/mol. The summed E-state index contributed by atoms with van der Waals surface area (Å²) in [4.78, 5) is 0. The molecule has 0 amide bonds. The molecule has 0 saturated heterocycles. The first kappa shape index (κ1) is 8.29. The van der Waals surface area contributed by atoms with Crippen LogP contribution < -0.4 is 0 Å². The molecule has 0 nitrogen and oxygen atoms in total. The molecule has 0 aromatic carbocycles. The van der Waals surface area contributed by atoms with Crippen LogP contribution in [0, 0.1) is 12.3 Å². The summed E-state index contributed by atoms with van der Waals surface area (Å²) in [6, 6.07) is 0. The number of alkyl halides is 1. The first-order chi connectivity index (χ1) is 3.77. The Balaban J connectivity index is 2.85. The van der Waals surface area contributed by atoms with Gasteiger partial charge in [-0.25, -0.2) is 0 Å². The highest BCUT2D eigenvalue weighted by atomic mass is 127. The molecule has 1 unspecified atom stereocenters. The lowest BCUT2D eigenvalue weighted by molar-refractivity contribution is 0.767. The zero-order chi connectivity index (χ0) is 6.41. The number of unbranched alkanes of at least 4 members (excludes halogenated alkanes) is 1. The Morgan fingerprint density at radius 1 is 1.75 bits per heavy atom. The highest BCUT2D eigenvalue weighted by molar-refractivity contribution is 14.1. The van der Waals surface area contributed by atoms with E-state index in [1.54, 1.807) is 0 Å². The molecule has 0 N–H and O–H groups in total. The molecule has 0 rings (SSSR count). The standard InChI is InChI=1S/C7H11I/c1-3-4-5-6-7(2)8/h1,7H,4-6H2,2H3. The van der Waals surface area contributed by atoms with Crippen LogP contribution in [-0.4, -0.2) is 3.92 Å². The normalized spacial score (nSPS) is 12.6. The fraction of sp³-hybridized carbons (Fsp3) is 0.714. The van der Waals surface area contributed by atoms with Crippen molar-refractivity contribution < 1.29 is 0 Å². The van der Waals surface area contributed by atoms with Gasteiger partial charge in [-0.15, -0.1) is 12.3 Å². The van der Waals surface area contributed by atoms with Gasteiger partial charge in [0.15, 0.2) is 0 Å². The Hall–Kier alpha value is 0.290. The van der Waals surface area contributed by atoms with Crippen LogP contribution in [-0.2, 0) is 0 Å². The Bertz CT molecular complexity index is 78.9. The molecule has 0 heterocycles. The van der Waals surface area contributed by atoms with Gasteiger partial charge in [-0.1, -0.05) is 29.5 Å². The fourth-order valence-corrected chi connectivity index (χ4v) is 0.926. The van der Waals surface area contributed by atoms with Gasteiger partial charge in [0, 0.05) is 10.3 Å². The largest absolute Gasteiger partial charge is 0.120 e. The minimum Gasteiger partial charge on any atom is -0.120 e. The van der Waals surface area contributed by atoms with Crippen LogP contribution >= 0.6 is 22.6 Å². The van der Waals surface area contributed by atoms with E-state index in [0.717, 1.165) is 10.3 Å². The number of rotatable bonds is 3. The summed E-state index contributed by atoms with van der Waals surface area (Å²) in [6.07, 6.45) is 8.44. The quantitative estimate of drug-likeness (QED) is 0.298. The van der Waals surface area contributed by atoms with Crippen LogP contribution in [0.2, 0.25) is 0 Å². The molecule has 8 heavy (non-hydrogen) atoms. The van der Waals surface area contributed by atoms with Crippen molar-refractivity contribution in [3.63, 3.8) is 0 Å². The van der Waals surface area contributed by atoms with E-state index in [0.29, 0.717) is 0 Å². The van der Waals surface area contributed by atoms with Gasteiger partial charge in [-0.05, 0) is 12.8 Å². The lowest BCUT2D eigenvalue weighted by Gasteiger charge is -1.96. The smallest absolute Gasteiger partial charge is 0.00864 e. The summed E-state index contributed by atoms with van der Waals surface area (Å²) in [6.45, 7) is 2.21. The molecule has 0 aliphatic carbocycles. The van der Waals surface area contributed by atoms with Crippen molar-refractivity contribution in [3.05, 3.63) is 0 Å². The van der Waals surface area contributed by atoms with E-state index in [4.69, 9.17) is 6.42 Å². The van der Waals surface area contributed by atoms with Gasteiger partial charge < -0.3 is 0 Å². The molecule has 0 aliphatic heterocycles. The van der Waals surface area contributed by atoms with Crippen molar-refractivity contribution in [3.8, 4) is 12.3 Å². The molecule has 1 atom stereocenters. The molecule has 0 radical (unpaired) electrons. The van der Waals surface area contributed by atoms with Crippen LogP contribution in [0.4, 0.5) is 0 Å². The van der Waals surface area contributed by atoms with E-state index in [-0.39, 0.29) is 0 Å². The minimum atomic E-state index is 0.779. The van der Waals surface area contributed by atoms with Crippen LogP contribution in [0.25, 0.3) is 0 Å². The molecule has 1 heteroatoms. The van der Waals surface area contributed by atoms with Gasteiger partial charge in [0.05, 0.1) is 0 Å². The van der Waals surface area contributed by atoms with Crippen molar-refractivity contribution >= 4 is 22.6 Å². The summed E-state index contributed by atoms with van der Waals surface area (Å²) in [5, 5.41) is 0. The van der Waals surface area contributed by atoms with Crippen molar-refractivity contribution in [2.45, 2.75) is 30.1 Å². The third kappa shape index (κ3) is 6.29. The van der Waals surface area contributed by atoms with Gasteiger partial charge in [0.25, 0.3) is 0 Å². The molecule has 46 valence electrons. The van der Waals surface area contributed by atoms with Crippen LogP contribution in [0.3, 0.4) is 0 Å². The monoisotopic (exact) mass is 222 g/mol. The maximum Gasteiger partial charge on any atom is 0.00864 e. The van der Waals surface area contributed by atoms with Crippen molar-refractivity contribution in [2.24, 2.45) is 0 Å². The van der Waals surface area contributed by atoms with E-state index in [1.807, 2.05) is 0 Å². The van der Waals surface area contributed by atoms with E-state index < -0.39 is 0 Å². The predicted molar refractivity (Wildman–Crippen MR) is 46.2 cm³/mol. The molecule has 0 saturated carbocycles. The van der Waals surface area contributed by atoms with Crippen LogP contribution in [0.5, 0.6) is 0 Å². The van der Waals surface area contributed by atoms with E-state index in [9.17, 15) is 0 Å². The van der Waals surface area contributed by atoms with Gasteiger partial charge in [-0.3, -0.25) is 0 Å². The Labute approximate surface area is 65.2 Å². The molecule has 0 spiro atoms. The van der Waals surface area contributed by atoms with E-state index in [2.05, 4.69) is 35.4 Å². The van der Waals surface area contributed by atoms with Crippen molar-refractivity contribution in [1.29, 1.82) is 0 Å². The average molecular weight is 222 g/mol. The molecule has 0 bridgehead atoms. The predicted octanol–water partition coefficient (Wildman–Crippen LogP) is 2.61. The SMILES string of the molecule is C#CCCCC(C)I. The first-order valence-corrected chi connectivity index (χ1v) is 4.09. The molecular formula is C7H11I. The average Bonchev–Trinajstić information content (AvgIpc) is 1.66. The molecule has 0 aliphatic rings. The maximum absolute atomic E-state index is 5.06. The Morgan fingerprint density at radius 3 is 2.75 bits per heavy atom. The molecule has 0 aromatic rings. The second kappa shape index (κ2) is 5.43. The zero-order valence-corrected chi connectivity index (χ0v) is 7.31. The van der Waals surface area contributed by atoms with Crippen LogP contribution in [0.1, 0.15) is 26.2 Å². The molecule has 0 aromatic heterocycles. The number of halogens is 1. The van der Waals surface area contributed by atoms with Gasteiger partial charge in [-0.2, -0.15) is 0 Å². The first-order valence-electron chi connectivity index (χ1n) is 2.85. The highest BCUT2D eigenvalue weighted by Gasteiger charge is 1.91. The summed E-state index contributed by atoms with van der Waals surface area (Å²) < 4.78 is 0.779. The molecule has 0 fully saturated rings. The fourth-order valence-electron chi connectivity index (χ4n) is 0.485. The van der Waals surface area contributed by atoms with Gasteiger partial charge in [0.2, 0.25) is 0 Å². The van der Waals surface area contributed by atoms with Gasteiger partial charge in [0.1, 0.15) is 0 Å². The Morgan fingerprint density at radius 2 is 2.38 bits per heavy atom. The Kier molecular flexibility index (Phi) is 5.62. The maximum atomic E-state index is 5.06. The van der Waals surface area contributed by atoms with Crippen LogP contribution in [0.15, 0.2) is 0 Å². The lowest BCUT2D eigenvalue weighted by atomic mass is 10.2. The summed E-state index contributed by atoms with van der Waals surface area (Å²) in [7, 11) is 0. The third-order valence-electron chi connectivity index (χ3n) is 0.923. The van der Waals surface area contributed by atoms with E-state index >= 15 is 0 Å². The number of terminal acetylenes is 1. The zero-order valence-electron chi connectivity index (χ0n) is 5.15.